The number of aromatic nitrogens is 2. The second-order valence-corrected chi connectivity index (χ2v) is 6.47. The van der Waals surface area contributed by atoms with Crippen molar-refractivity contribution in [2.45, 2.75) is 37.8 Å². The summed E-state index contributed by atoms with van der Waals surface area (Å²) in [6.07, 6.45) is 8.52. The van der Waals surface area contributed by atoms with Crippen LogP contribution in [0, 0.1) is 5.92 Å². The summed E-state index contributed by atoms with van der Waals surface area (Å²) in [6.45, 7) is 2.48. The second kappa shape index (κ2) is 8.13. The number of likely N-dealkylation sites (N-methyl/N-ethyl adjacent to an activating group) is 1. The van der Waals surface area contributed by atoms with Crippen LogP contribution in [0.4, 0.5) is 0 Å². The van der Waals surface area contributed by atoms with Crippen LogP contribution in [0.25, 0.3) is 0 Å². The lowest BCUT2D eigenvalue weighted by Gasteiger charge is -2.34. The van der Waals surface area contributed by atoms with Gasteiger partial charge in [-0.3, -0.25) is 9.48 Å². The number of carbonyl (C=O) groups is 1. The van der Waals surface area contributed by atoms with Gasteiger partial charge < -0.3 is 15.0 Å². The second-order valence-electron chi connectivity index (χ2n) is 6.47. The number of halogens is 1. The van der Waals surface area contributed by atoms with Crippen LogP contribution >= 0.6 is 12.4 Å². The van der Waals surface area contributed by atoms with E-state index >= 15 is 0 Å². The molecule has 1 saturated carbocycles. The Bertz CT molecular complexity index is 510. The number of aryl methyl sites for hydroxylation is 1. The summed E-state index contributed by atoms with van der Waals surface area (Å²) in [7, 11) is 3.68. The average molecular weight is 343 g/mol. The van der Waals surface area contributed by atoms with E-state index < -0.39 is 0 Å². The summed E-state index contributed by atoms with van der Waals surface area (Å²) < 4.78 is 7.67. The number of piperidine rings is 1. The first-order chi connectivity index (χ1) is 10.7. The van der Waals surface area contributed by atoms with E-state index in [1.807, 2.05) is 25.2 Å². The Morgan fingerprint density at radius 2 is 2.09 bits per heavy atom. The molecule has 1 aliphatic carbocycles. The maximum absolute atomic E-state index is 12.7. The summed E-state index contributed by atoms with van der Waals surface area (Å²) in [5, 5.41) is 7.27. The Kier molecular flexibility index (Phi) is 6.44. The third kappa shape index (κ3) is 4.68. The molecule has 1 aliphatic heterocycles. The van der Waals surface area contributed by atoms with Gasteiger partial charge in [0.25, 0.3) is 0 Å². The van der Waals surface area contributed by atoms with E-state index in [1.165, 1.54) is 12.8 Å². The van der Waals surface area contributed by atoms with Crippen molar-refractivity contribution >= 4 is 18.3 Å². The first kappa shape index (κ1) is 18.2. The van der Waals surface area contributed by atoms with Crippen molar-refractivity contribution in [3.63, 3.8) is 0 Å². The molecule has 23 heavy (non-hydrogen) atoms. The molecule has 1 aromatic rings. The molecule has 1 saturated heterocycles. The molecule has 6 nitrogen and oxygen atoms in total. The van der Waals surface area contributed by atoms with Crippen molar-refractivity contribution in [2.24, 2.45) is 13.0 Å². The Labute approximate surface area is 144 Å². The Morgan fingerprint density at radius 3 is 2.61 bits per heavy atom. The third-order valence-corrected chi connectivity index (χ3v) is 4.61. The largest absolute Gasteiger partial charge is 0.378 e. The fourth-order valence-electron chi connectivity index (χ4n) is 3.00. The van der Waals surface area contributed by atoms with Crippen LogP contribution in [0.15, 0.2) is 12.4 Å². The van der Waals surface area contributed by atoms with E-state index in [4.69, 9.17) is 4.74 Å². The topological polar surface area (TPSA) is 59.4 Å². The minimum Gasteiger partial charge on any atom is -0.378 e. The average Bonchev–Trinajstić information content (AvgIpc) is 3.27. The molecule has 1 amide bonds. The van der Waals surface area contributed by atoms with Gasteiger partial charge in [0.15, 0.2) is 0 Å². The van der Waals surface area contributed by atoms with E-state index in [0.717, 1.165) is 44.0 Å². The number of likely N-dealkylation sites (tertiary alicyclic amines) is 1. The quantitative estimate of drug-likeness (QED) is 0.851. The number of ether oxygens (including phenoxy) is 1. The van der Waals surface area contributed by atoms with Gasteiger partial charge >= 0.3 is 0 Å². The predicted molar refractivity (Wildman–Crippen MR) is 90.5 cm³/mol. The molecular weight excluding hydrogens is 316 g/mol. The smallest absolute Gasteiger partial charge is 0.244 e. The summed E-state index contributed by atoms with van der Waals surface area (Å²) in [5.41, 5.74) is 0.919. The van der Waals surface area contributed by atoms with E-state index in [1.54, 1.807) is 10.9 Å². The molecule has 1 aromatic heterocycles. The highest BCUT2D eigenvalue weighted by molar-refractivity contribution is 5.85. The van der Waals surface area contributed by atoms with Gasteiger partial charge in [0.05, 0.1) is 12.3 Å². The molecule has 2 fully saturated rings. The summed E-state index contributed by atoms with van der Waals surface area (Å²) in [5.74, 6) is 0.940. The van der Waals surface area contributed by atoms with Gasteiger partial charge in [-0.1, -0.05) is 0 Å². The number of hydrogen-bond acceptors (Lipinski definition) is 4. The predicted octanol–water partition coefficient (Wildman–Crippen LogP) is 1.52. The van der Waals surface area contributed by atoms with E-state index in [2.05, 4.69) is 10.4 Å². The fraction of sp³-hybridized carbons (Fsp3) is 0.750. The molecule has 7 heteroatoms. The van der Waals surface area contributed by atoms with Crippen LogP contribution in [0.5, 0.6) is 0 Å². The number of nitrogens with one attached hydrogen (secondary N) is 1. The minimum atomic E-state index is -0.308. The number of carbonyl (C=O) groups excluding carboxylic acids is 1. The summed E-state index contributed by atoms with van der Waals surface area (Å²) in [4.78, 5) is 14.7. The zero-order valence-electron chi connectivity index (χ0n) is 13.9. The van der Waals surface area contributed by atoms with Gasteiger partial charge in [-0.15, -0.1) is 12.4 Å². The van der Waals surface area contributed by atoms with Crippen molar-refractivity contribution in [1.82, 2.24) is 20.0 Å². The van der Waals surface area contributed by atoms with Crippen molar-refractivity contribution < 1.29 is 9.53 Å². The monoisotopic (exact) mass is 342 g/mol. The Hall–Kier alpha value is -1.11. The molecule has 2 aliphatic rings. The van der Waals surface area contributed by atoms with E-state index in [9.17, 15) is 4.79 Å². The first-order valence-electron chi connectivity index (χ1n) is 8.23. The lowest BCUT2D eigenvalue weighted by atomic mass is 10.0. The molecule has 0 radical (unpaired) electrons. The maximum Gasteiger partial charge on any atom is 0.244 e. The Balaban J connectivity index is 0.00000192. The SMILES string of the molecule is CNC(C(=O)N1CCC(OCC2CC2)CC1)c1cnn(C)c1.Cl. The Morgan fingerprint density at radius 1 is 1.39 bits per heavy atom. The molecule has 0 spiro atoms. The van der Waals surface area contributed by atoms with Crippen LogP contribution in [-0.2, 0) is 16.6 Å². The van der Waals surface area contributed by atoms with Crippen LogP contribution < -0.4 is 5.32 Å². The number of nitrogens with zero attached hydrogens (tertiary/aromatic N) is 3. The first-order valence-corrected chi connectivity index (χ1v) is 8.23. The lowest BCUT2D eigenvalue weighted by Crippen LogP contribution is -2.45. The van der Waals surface area contributed by atoms with E-state index in [0.29, 0.717) is 6.10 Å². The van der Waals surface area contributed by atoms with Gasteiger partial charge in [-0.2, -0.15) is 5.10 Å². The van der Waals surface area contributed by atoms with Crippen molar-refractivity contribution in [2.75, 3.05) is 26.7 Å². The van der Waals surface area contributed by atoms with E-state index in [-0.39, 0.29) is 24.4 Å². The molecular formula is C16H27ClN4O2. The zero-order chi connectivity index (χ0) is 15.5. The summed E-state index contributed by atoms with van der Waals surface area (Å²) in [6, 6.07) is -0.308. The van der Waals surface area contributed by atoms with Crippen molar-refractivity contribution in [3.05, 3.63) is 18.0 Å². The van der Waals surface area contributed by atoms with Crippen molar-refractivity contribution in [1.29, 1.82) is 0 Å². The molecule has 1 N–H and O–H groups in total. The van der Waals surface area contributed by atoms with Crippen LogP contribution in [0.1, 0.15) is 37.3 Å². The zero-order valence-corrected chi connectivity index (χ0v) is 14.7. The van der Waals surface area contributed by atoms with Gasteiger partial charge in [0, 0.05) is 38.5 Å². The van der Waals surface area contributed by atoms with Gasteiger partial charge in [0.1, 0.15) is 6.04 Å². The molecule has 1 atom stereocenters. The highest BCUT2D eigenvalue weighted by Gasteiger charge is 2.30. The third-order valence-electron chi connectivity index (χ3n) is 4.61. The maximum atomic E-state index is 12.7. The van der Waals surface area contributed by atoms with Gasteiger partial charge in [-0.05, 0) is 38.6 Å². The lowest BCUT2D eigenvalue weighted by molar-refractivity contribution is -0.136. The van der Waals surface area contributed by atoms with Crippen LogP contribution in [-0.4, -0.2) is 53.4 Å². The normalized spacial score (nSPS) is 20.2. The minimum absolute atomic E-state index is 0. The molecule has 0 bridgehead atoms. The highest BCUT2D eigenvalue weighted by Crippen LogP contribution is 2.30. The number of rotatable bonds is 6. The van der Waals surface area contributed by atoms with Crippen molar-refractivity contribution in [3.8, 4) is 0 Å². The molecule has 2 heterocycles. The molecule has 1 unspecified atom stereocenters. The number of amides is 1. The fourth-order valence-corrected chi connectivity index (χ4v) is 3.00. The van der Waals surface area contributed by atoms with Crippen LogP contribution in [0.2, 0.25) is 0 Å². The highest BCUT2D eigenvalue weighted by atomic mass is 35.5. The van der Waals surface area contributed by atoms with Crippen LogP contribution in [0.3, 0.4) is 0 Å². The molecule has 130 valence electrons. The molecule has 0 aromatic carbocycles. The standard InChI is InChI=1S/C16H26N4O2.ClH/c1-17-15(13-9-18-19(2)10-13)16(21)20-7-5-14(6-8-20)22-11-12-3-4-12;/h9-10,12,14-15,17H,3-8,11H2,1-2H3;1H. The number of hydrogen-bond donors (Lipinski definition) is 1. The molecule has 3 rings (SSSR count). The van der Waals surface area contributed by atoms with Gasteiger partial charge in [0.2, 0.25) is 5.91 Å². The summed E-state index contributed by atoms with van der Waals surface area (Å²) >= 11 is 0. The van der Waals surface area contributed by atoms with Gasteiger partial charge in [-0.25, -0.2) is 0 Å².